The van der Waals surface area contributed by atoms with Crippen LogP contribution < -0.4 is 5.73 Å². The number of carbonyl (C=O) groups is 1. The van der Waals surface area contributed by atoms with Crippen molar-refractivity contribution < 1.29 is 22.4 Å². The number of nitrogens with two attached hydrogens (primary N) is 1. The van der Waals surface area contributed by atoms with Crippen molar-refractivity contribution >= 4 is 22.6 Å². The third kappa shape index (κ3) is 2.36. The van der Waals surface area contributed by atoms with E-state index in [2.05, 4.69) is 20.2 Å². The Morgan fingerprint density at radius 1 is 1.23 bits per heavy atom. The van der Waals surface area contributed by atoms with Crippen LogP contribution in [0.25, 0.3) is 28.3 Å². The minimum Gasteiger partial charge on any atom is -0.422 e. The van der Waals surface area contributed by atoms with E-state index < -0.39 is 17.6 Å². The third-order valence-electron chi connectivity index (χ3n) is 3.78. The summed E-state index contributed by atoms with van der Waals surface area (Å²) in [5.41, 5.74) is 4.60. The lowest BCUT2D eigenvalue weighted by atomic mass is 10.1. The number of nitrogens with zero attached hydrogens (tertiary/aromatic N) is 5. The first-order valence-electron chi connectivity index (χ1n) is 7.22. The molecule has 0 radical (unpaired) electrons. The lowest BCUT2D eigenvalue weighted by Gasteiger charge is -2.13. The molecule has 8 nitrogen and oxygen atoms in total. The molecule has 0 saturated heterocycles. The van der Waals surface area contributed by atoms with Crippen molar-refractivity contribution in [1.29, 1.82) is 0 Å². The summed E-state index contributed by atoms with van der Waals surface area (Å²) in [5.74, 6) is -0.880. The number of aryl methyl sites for hydroxylation is 1. The van der Waals surface area contributed by atoms with Crippen molar-refractivity contribution in [2.75, 3.05) is 0 Å². The van der Waals surface area contributed by atoms with Gasteiger partial charge in [0.05, 0.1) is 11.1 Å². The Balaban J connectivity index is 2.18. The largest absolute Gasteiger partial charge is 0.422 e. The van der Waals surface area contributed by atoms with Crippen LogP contribution in [0.3, 0.4) is 0 Å². The van der Waals surface area contributed by atoms with Crippen LogP contribution in [-0.2, 0) is 6.18 Å². The van der Waals surface area contributed by atoms with E-state index in [0.29, 0.717) is 0 Å². The number of hydrogen-bond donors (Lipinski definition) is 1. The highest BCUT2D eigenvalue weighted by Gasteiger charge is 2.34. The molecule has 2 N–H and O–H groups in total. The van der Waals surface area contributed by atoms with E-state index in [4.69, 9.17) is 10.2 Å². The normalized spacial score (nSPS) is 12.2. The van der Waals surface area contributed by atoms with Crippen molar-refractivity contribution in [2.24, 2.45) is 5.73 Å². The van der Waals surface area contributed by atoms with Gasteiger partial charge in [-0.25, -0.2) is 9.97 Å². The van der Waals surface area contributed by atoms with Crippen LogP contribution in [0.5, 0.6) is 0 Å². The molecule has 0 aliphatic rings. The van der Waals surface area contributed by atoms with E-state index in [0.717, 1.165) is 18.5 Å². The molecule has 132 valence electrons. The van der Waals surface area contributed by atoms with Crippen LogP contribution >= 0.6 is 0 Å². The number of hydrogen-bond acceptors (Lipinski definition) is 6. The molecule has 26 heavy (non-hydrogen) atoms. The molecule has 0 aromatic carbocycles. The molecule has 0 aliphatic heterocycles. The minimum atomic E-state index is -4.63. The van der Waals surface area contributed by atoms with Gasteiger partial charge in [-0.05, 0) is 19.1 Å². The van der Waals surface area contributed by atoms with E-state index in [1.165, 1.54) is 17.5 Å². The summed E-state index contributed by atoms with van der Waals surface area (Å²) in [4.78, 5) is 20.2. The van der Waals surface area contributed by atoms with Crippen molar-refractivity contribution in [3.8, 4) is 11.6 Å². The average Bonchev–Trinajstić information content (AvgIpc) is 3.21. The van der Waals surface area contributed by atoms with E-state index in [1.54, 1.807) is 0 Å². The predicted octanol–water partition coefficient (Wildman–Crippen LogP) is 2.36. The van der Waals surface area contributed by atoms with Crippen molar-refractivity contribution in [3.05, 3.63) is 41.5 Å². The Morgan fingerprint density at radius 3 is 2.62 bits per heavy atom. The molecule has 0 unspecified atom stereocenters. The second kappa shape index (κ2) is 5.25. The second-order valence-electron chi connectivity index (χ2n) is 5.53. The van der Waals surface area contributed by atoms with E-state index in [-0.39, 0.29) is 39.5 Å². The van der Waals surface area contributed by atoms with Crippen molar-refractivity contribution in [1.82, 2.24) is 24.6 Å². The molecule has 4 aromatic heterocycles. The molecule has 1 amide bonds. The zero-order valence-corrected chi connectivity index (χ0v) is 13.1. The summed E-state index contributed by atoms with van der Waals surface area (Å²) < 4.78 is 46.7. The van der Waals surface area contributed by atoms with Gasteiger partial charge in [-0.3, -0.25) is 9.20 Å². The SMILES string of the molecule is Cc1cc(C(F)(F)F)c2cc(C(N)=O)c3nc(-c4nnco4)cn3c2n1. The fraction of sp³-hybridized carbons (Fsp3) is 0.133. The molecule has 11 heteroatoms. The summed E-state index contributed by atoms with van der Waals surface area (Å²) in [6.07, 6.45) is -2.19. The summed E-state index contributed by atoms with van der Waals surface area (Å²) in [7, 11) is 0. The average molecular weight is 362 g/mol. The van der Waals surface area contributed by atoms with Crippen LogP contribution in [-0.4, -0.2) is 30.5 Å². The molecule has 4 aromatic rings. The number of amides is 1. The standard InChI is InChI=1S/C15H9F3N6O2/c1-6-2-9(15(16,17)18)7-3-8(11(19)25)13-22-10(14-23-20-5-26-14)4-24(13)12(7)21-6/h2-5H,1H3,(H2,19,25). The molecule has 0 spiro atoms. The second-order valence-corrected chi connectivity index (χ2v) is 5.53. The fourth-order valence-electron chi connectivity index (χ4n) is 2.74. The number of primary amides is 1. The van der Waals surface area contributed by atoms with E-state index in [9.17, 15) is 18.0 Å². The summed E-state index contributed by atoms with van der Waals surface area (Å²) in [6.45, 7) is 1.44. The van der Waals surface area contributed by atoms with Gasteiger partial charge in [0.25, 0.3) is 11.8 Å². The van der Waals surface area contributed by atoms with Gasteiger partial charge in [-0.15, -0.1) is 10.2 Å². The Labute approximate surface area is 142 Å². The lowest BCUT2D eigenvalue weighted by molar-refractivity contribution is -0.136. The Bertz CT molecular complexity index is 1160. The summed E-state index contributed by atoms with van der Waals surface area (Å²) >= 11 is 0. The lowest BCUT2D eigenvalue weighted by Crippen LogP contribution is -2.15. The van der Waals surface area contributed by atoms with Crippen LogP contribution in [0, 0.1) is 6.92 Å². The monoisotopic (exact) mass is 362 g/mol. The first kappa shape index (κ1) is 16.0. The van der Waals surface area contributed by atoms with Crippen LogP contribution in [0.15, 0.2) is 29.1 Å². The minimum absolute atomic E-state index is 0.0180. The third-order valence-corrected chi connectivity index (χ3v) is 3.78. The van der Waals surface area contributed by atoms with Gasteiger partial charge >= 0.3 is 6.18 Å². The number of aromatic nitrogens is 5. The van der Waals surface area contributed by atoms with Gasteiger partial charge < -0.3 is 10.2 Å². The number of carbonyl (C=O) groups excluding carboxylic acids is 1. The van der Waals surface area contributed by atoms with Crippen LogP contribution in [0.2, 0.25) is 0 Å². The Morgan fingerprint density at radius 2 is 2.00 bits per heavy atom. The zero-order valence-electron chi connectivity index (χ0n) is 13.1. The van der Waals surface area contributed by atoms with E-state index in [1.807, 2.05) is 0 Å². The molecule has 0 atom stereocenters. The van der Waals surface area contributed by atoms with Gasteiger partial charge in [0.15, 0.2) is 5.65 Å². The maximum absolute atomic E-state index is 13.5. The smallest absolute Gasteiger partial charge is 0.417 e. The van der Waals surface area contributed by atoms with Gasteiger partial charge in [0.2, 0.25) is 6.39 Å². The maximum Gasteiger partial charge on any atom is 0.417 e. The van der Waals surface area contributed by atoms with Gasteiger partial charge in [-0.1, -0.05) is 0 Å². The van der Waals surface area contributed by atoms with Gasteiger partial charge in [0.1, 0.15) is 11.3 Å². The molecule has 4 rings (SSSR count). The highest BCUT2D eigenvalue weighted by atomic mass is 19.4. The first-order chi connectivity index (χ1) is 12.3. The maximum atomic E-state index is 13.5. The Hall–Kier alpha value is -3.50. The first-order valence-corrected chi connectivity index (χ1v) is 7.22. The molecular weight excluding hydrogens is 353 g/mol. The number of fused-ring (bicyclic) bond motifs is 3. The number of alkyl halides is 3. The quantitative estimate of drug-likeness (QED) is 0.586. The van der Waals surface area contributed by atoms with Gasteiger partial charge in [0, 0.05) is 17.3 Å². The molecule has 0 fully saturated rings. The summed E-state index contributed by atoms with van der Waals surface area (Å²) in [6, 6.07) is 1.96. The van der Waals surface area contributed by atoms with Crippen LogP contribution in [0.4, 0.5) is 13.2 Å². The number of pyridine rings is 2. The molecule has 0 aliphatic carbocycles. The topological polar surface area (TPSA) is 112 Å². The zero-order chi connectivity index (χ0) is 18.6. The fourth-order valence-corrected chi connectivity index (χ4v) is 2.74. The number of imidazole rings is 1. The van der Waals surface area contributed by atoms with Crippen LogP contribution in [0.1, 0.15) is 21.6 Å². The number of halogens is 3. The predicted molar refractivity (Wildman–Crippen MR) is 82.0 cm³/mol. The van der Waals surface area contributed by atoms with Crippen molar-refractivity contribution in [3.63, 3.8) is 0 Å². The highest BCUT2D eigenvalue weighted by Crippen LogP contribution is 2.36. The van der Waals surface area contributed by atoms with E-state index >= 15 is 0 Å². The number of rotatable bonds is 2. The highest BCUT2D eigenvalue weighted by molar-refractivity contribution is 6.03. The molecule has 0 saturated carbocycles. The Kier molecular flexibility index (Phi) is 3.23. The summed E-state index contributed by atoms with van der Waals surface area (Å²) in [5, 5.41) is 6.96. The van der Waals surface area contributed by atoms with Gasteiger partial charge in [-0.2, -0.15) is 13.2 Å². The molecular formula is C15H9F3N6O2. The molecule has 4 heterocycles. The van der Waals surface area contributed by atoms with Crippen molar-refractivity contribution in [2.45, 2.75) is 13.1 Å². The molecule has 0 bridgehead atoms.